The van der Waals surface area contributed by atoms with Gasteiger partial charge in [-0.15, -0.1) is 0 Å². The highest BCUT2D eigenvalue weighted by Gasteiger charge is 2.34. The summed E-state index contributed by atoms with van der Waals surface area (Å²) in [7, 11) is 0. The lowest BCUT2D eigenvalue weighted by Crippen LogP contribution is -2.52. The van der Waals surface area contributed by atoms with Crippen LogP contribution in [0.4, 0.5) is 0 Å². The van der Waals surface area contributed by atoms with E-state index < -0.39 is 0 Å². The van der Waals surface area contributed by atoms with E-state index in [9.17, 15) is 9.90 Å². The third kappa shape index (κ3) is 3.95. The van der Waals surface area contributed by atoms with Crippen molar-refractivity contribution in [1.82, 2.24) is 10.2 Å². The SMILES string of the molecule is CCCC(=O)N1CCC(NC(CC)C2CC(O)C2)CC1. The molecule has 1 atom stereocenters. The van der Waals surface area contributed by atoms with Crippen LogP contribution in [0, 0.1) is 5.92 Å². The molecule has 1 saturated carbocycles. The fourth-order valence-corrected chi connectivity index (χ4v) is 3.52. The Morgan fingerprint density at radius 2 is 1.95 bits per heavy atom. The molecule has 1 aliphatic heterocycles. The zero-order valence-electron chi connectivity index (χ0n) is 13.0. The summed E-state index contributed by atoms with van der Waals surface area (Å²) in [5.41, 5.74) is 0. The maximum absolute atomic E-state index is 11.9. The van der Waals surface area contributed by atoms with E-state index in [1.807, 2.05) is 4.90 Å². The molecule has 0 aromatic rings. The minimum atomic E-state index is -0.0654. The number of nitrogens with zero attached hydrogens (tertiary/aromatic N) is 1. The molecule has 1 saturated heterocycles. The Morgan fingerprint density at radius 3 is 2.45 bits per heavy atom. The van der Waals surface area contributed by atoms with Crippen molar-refractivity contribution in [2.75, 3.05) is 13.1 Å². The first-order valence-corrected chi connectivity index (χ1v) is 8.35. The van der Waals surface area contributed by atoms with Gasteiger partial charge >= 0.3 is 0 Å². The number of amides is 1. The van der Waals surface area contributed by atoms with Crippen molar-refractivity contribution < 1.29 is 9.90 Å². The number of carbonyl (C=O) groups excluding carboxylic acids is 1. The zero-order chi connectivity index (χ0) is 14.5. The molecule has 0 spiro atoms. The third-order valence-corrected chi connectivity index (χ3v) is 4.92. The van der Waals surface area contributed by atoms with Crippen LogP contribution in [0.2, 0.25) is 0 Å². The van der Waals surface area contributed by atoms with E-state index in [-0.39, 0.29) is 6.10 Å². The number of piperidine rings is 1. The molecule has 1 heterocycles. The van der Waals surface area contributed by atoms with Gasteiger partial charge in [0.05, 0.1) is 6.10 Å². The number of aliphatic hydroxyl groups excluding tert-OH is 1. The van der Waals surface area contributed by atoms with Gasteiger partial charge in [0.2, 0.25) is 5.91 Å². The van der Waals surface area contributed by atoms with Gasteiger partial charge in [-0.05, 0) is 44.4 Å². The first kappa shape index (κ1) is 15.8. The van der Waals surface area contributed by atoms with Gasteiger partial charge in [-0.25, -0.2) is 0 Å². The van der Waals surface area contributed by atoms with Gasteiger partial charge in [-0.1, -0.05) is 13.8 Å². The molecular formula is C16H30N2O2. The second-order valence-corrected chi connectivity index (χ2v) is 6.47. The van der Waals surface area contributed by atoms with Crippen LogP contribution in [-0.4, -0.2) is 47.2 Å². The Kier molecular flexibility index (Phi) is 5.85. The summed E-state index contributed by atoms with van der Waals surface area (Å²) in [5.74, 6) is 0.967. The molecule has 4 nitrogen and oxygen atoms in total. The van der Waals surface area contributed by atoms with E-state index in [1.54, 1.807) is 0 Å². The standard InChI is InChI=1S/C16H30N2O2/c1-3-5-16(20)18-8-6-13(7-9-18)17-15(4-2)12-10-14(19)11-12/h12-15,17,19H,3-11H2,1-2H3. The van der Waals surface area contributed by atoms with Crippen LogP contribution in [-0.2, 0) is 4.79 Å². The fraction of sp³-hybridized carbons (Fsp3) is 0.938. The predicted molar refractivity (Wildman–Crippen MR) is 80.5 cm³/mol. The van der Waals surface area contributed by atoms with Crippen molar-refractivity contribution in [3.05, 3.63) is 0 Å². The van der Waals surface area contributed by atoms with Gasteiger partial charge in [0.1, 0.15) is 0 Å². The van der Waals surface area contributed by atoms with E-state index in [2.05, 4.69) is 19.2 Å². The Bertz CT molecular complexity index is 308. The van der Waals surface area contributed by atoms with E-state index in [0.29, 0.717) is 30.3 Å². The second kappa shape index (κ2) is 7.41. The average Bonchev–Trinajstić information content (AvgIpc) is 2.42. The molecule has 0 radical (unpaired) electrons. The highest BCUT2D eigenvalue weighted by atomic mass is 16.3. The smallest absolute Gasteiger partial charge is 0.222 e. The largest absolute Gasteiger partial charge is 0.393 e. The van der Waals surface area contributed by atoms with Gasteiger partial charge in [0.25, 0.3) is 0 Å². The molecule has 1 amide bonds. The van der Waals surface area contributed by atoms with Crippen LogP contribution in [0.5, 0.6) is 0 Å². The summed E-state index contributed by atoms with van der Waals surface area (Å²) in [6.07, 6.45) is 6.76. The molecule has 0 aromatic carbocycles. The Balaban J connectivity index is 1.72. The fourth-order valence-electron chi connectivity index (χ4n) is 3.52. The van der Waals surface area contributed by atoms with E-state index in [1.165, 1.54) is 0 Å². The van der Waals surface area contributed by atoms with Crippen LogP contribution in [0.3, 0.4) is 0 Å². The Morgan fingerprint density at radius 1 is 1.30 bits per heavy atom. The topological polar surface area (TPSA) is 52.6 Å². The third-order valence-electron chi connectivity index (χ3n) is 4.92. The van der Waals surface area contributed by atoms with Crippen molar-refractivity contribution >= 4 is 5.91 Å². The van der Waals surface area contributed by atoms with Crippen molar-refractivity contribution in [3.63, 3.8) is 0 Å². The van der Waals surface area contributed by atoms with Crippen LogP contribution in [0.1, 0.15) is 58.8 Å². The second-order valence-electron chi connectivity index (χ2n) is 6.47. The van der Waals surface area contributed by atoms with E-state index in [4.69, 9.17) is 0 Å². The number of hydrogen-bond acceptors (Lipinski definition) is 3. The number of hydrogen-bond donors (Lipinski definition) is 2. The lowest BCUT2D eigenvalue weighted by Gasteiger charge is -2.41. The van der Waals surface area contributed by atoms with Crippen molar-refractivity contribution in [1.29, 1.82) is 0 Å². The summed E-state index contributed by atoms with van der Waals surface area (Å²) in [6.45, 7) is 6.09. The molecule has 1 aliphatic carbocycles. The molecule has 2 fully saturated rings. The quantitative estimate of drug-likeness (QED) is 0.782. The van der Waals surface area contributed by atoms with Crippen LogP contribution < -0.4 is 5.32 Å². The lowest BCUT2D eigenvalue weighted by atomic mass is 9.76. The Hall–Kier alpha value is -0.610. The summed E-state index contributed by atoms with van der Waals surface area (Å²) >= 11 is 0. The molecule has 2 N–H and O–H groups in total. The number of aliphatic hydroxyl groups is 1. The average molecular weight is 282 g/mol. The highest BCUT2D eigenvalue weighted by molar-refractivity contribution is 5.76. The monoisotopic (exact) mass is 282 g/mol. The normalized spacial score (nSPS) is 29.1. The minimum Gasteiger partial charge on any atom is -0.393 e. The molecular weight excluding hydrogens is 252 g/mol. The first-order valence-electron chi connectivity index (χ1n) is 8.35. The van der Waals surface area contributed by atoms with Crippen LogP contribution in [0.25, 0.3) is 0 Å². The van der Waals surface area contributed by atoms with Gasteiger partial charge in [-0.2, -0.15) is 0 Å². The summed E-state index contributed by atoms with van der Waals surface area (Å²) in [5, 5.41) is 13.2. The van der Waals surface area contributed by atoms with Crippen LogP contribution >= 0.6 is 0 Å². The number of likely N-dealkylation sites (tertiary alicyclic amines) is 1. The number of carbonyl (C=O) groups is 1. The predicted octanol–water partition coefficient (Wildman–Crippen LogP) is 1.92. The molecule has 0 bridgehead atoms. The molecule has 4 heteroatoms. The summed E-state index contributed by atoms with van der Waals surface area (Å²) in [4.78, 5) is 13.9. The molecule has 1 unspecified atom stereocenters. The van der Waals surface area contributed by atoms with Gasteiger partial charge in [-0.3, -0.25) is 4.79 Å². The first-order chi connectivity index (χ1) is 9.63. The molecule has 116 valence electrons. The molecule has 20 heavy (non-hydrogen) atoms. The molecule has 0 aromatic heterocycles. The lowest BCUT2D eigenvalue weighted by molar-refractivity contribution is -0.132. The highest BCUT2D eigenvalue weighted by Crippen LogP contribution is 2.32. The minimum absolute atomic E-state index is 0.0654. The number of nitrogens with one attached hydrogen (secondary N) is 1. The van der Waals surface area contributed by atoms with E-state index >= 15 is 0 Å². The van der Waals surface area contributed by atoms with Crippen LogP contribution in [0.15, 0.2) is 0 Å². The molecule has 2 aliphatic rings. The van der Waals surface area contributed by atoms with Gasteiger partial charge in [0.15, 0.2) is 0 Å². The Labute approximate surface area is 122 Å². The van der Waals surface area contributed by atoms with Crippen molar-refractivity contribution in [2.45, 2.75) is 77.0 Å². The molecule has 2 rings (SSSR count). The summed E-state index contributed by atoms with van der Waals surface area (Å²) in [6, 6.07) is 1.09. The number of rotatable bonds is 6. The summed E-state index contributed by atoms with van der Waals surface area (Å²) < 4.78 is 0. The van der Waals surface area contributed by atoms with Gasteiger partial charge < -0.3 is 15.3 Å². The maximum Gasteiger partial charge on any atom is 0.222 e. The van der Waals surface area contributed by atoms with Crippen molar-refractivity contribution in [2.24, 2.45) is 5.92 Å². The van der Waals surface area contributed by atoms with E-state index in [0.717, 1.165) is 51.6 Å². The maximum atomic E-state index is 11.9. The zero-order valence-corrected chi connectivity index (χ0v) is 13.0. The van der Waals surface area contributed by atoms with Crippen molar-refractivity contribution in [3.8, 4) is 0 Å². The van der Waals surface area contributed by atoms with Gasteiger partial charge in [0, 0.05) is 31.6 Å².